The largest absolute Gasteiger partial charge is 0.494 e. The molecular formula is C9H8F5NO. The number of rotatable bonds is 2. The average Bonchev–Trinajstić information content (AvgIpc) is 2.14. The molecule has 90 valence electrons. The lowest BCUT2D eigenvalue weighted by molar-refractivity contribution is -0.141. The van der Waals surface area contributed by atoms with Crippen molar-refractivity contribution >= 4 is 0 Å². The molecule has 0 amide bonds. The lowest BCUT2D eigenvalue weighted by atomic mass is 10.1. The van der Waals surface area contributed by atoms with Gasteiger partial charge in [-0.2, -0.15) is 13.2 Å². The summed E-state index contributed by atoms with van der Waals surface area (Å²) in [4.78, 5) is 3.17. The number of aryl methyl sites for hydroxylation is 1. The fourth-order valence-corrected chi connectivity index (χ4v) is 1.26. The number of hydrogen-bond acceptors (Lipinski definition) is 2. The van der Waals surface area contributed by atoms with Crippen LogP contribution in [0.4, 0.5) is 22.0 Å². The Labute approximate surface area is 88.1 Å². The molecule has 0 N–H and O–H groups in total. The highest BCUT2D eigenvalue weighted by Crippen LogP contribution is 2.36. The molecule has 1 aromatic rings. The Kier molecular flexibility index (Phi) is 3.35. The third-order valence-electron chi connectivity index (χ3n) is 1.90. The third kappa shape index (κ3) is 2.40. The Bertz CT molecular complexity index is 388. The van der Waals surface area contributed by atoms with Crippen LogP contribution >= 0.6 is 0 Å². The van der Waals surface area contributed by atoms with Gasteiger partial charge >= 0.3 is 6.18 Å². The van der Waals surface area contributed by atoms with Gasteiger partial charge in [0.25, 0.3) is 6.43 Å². The first-order chi connectivity index (χ1) is 7.27. The van der Waals surface area contributed by atoms with Crippen molar-refractivity contribution in [3.8, 4) is 5.75 Å². The first-order valence-corrected chi connectivity index (χ1v) is 4.18. The molecule has 0 radical (unpaired) electrons. The van der Waals surface area contributed by atoms with E-state index < -0.39 is 23.9 Å². The summed E-state index contributed by atoms with van der Waals surface area (Å²) in [5, 5.41) is 0. The predicted molar refractivity (Wildman–Crippen MR) is 45.5 cm³/mol. The first kappa shape index (κ1) is 12.7. The van der Waals surface area contributed by atoms with E-state index in [1.54, 1.807) is 0 Å². The highest BCUT2D eigenvalue weighted by Gasteiger charge is 2.35. The number of hydrogen-bond donors (Lipinski definition) is 0. The van der Waals surface area contributed by atoms with E-state index >= 15 is 0 Å². The Morgan fingerprint density at radius 3 is 2.25 bits per heavy atom. The molecule has 16 heavy (non-hydrogen) atoms. The molecule has 7 heteroatoms. The second-order valence-corrected chi connectivity index (χ2v) is 3.01. The molecule has 1 heterocycles. The SMILES string of the molecule is COc1c(C(F)F)cc(C(F)(F)F)nc1C. The van der Waals surface area contributed by atoms with Crippen LogP contribution in [0, 0.1) is 6.92 Å². The van der Waals surface area contributed by atoms with Crippen molar-refractivity contribution in [3.63, 3.8) is 0 Å². The van der Waals surface area contributed by atoms with Gasteiger partial charge in [0.05, 0.1) is 18.4 Å². The van der Waals surface area contributed by atoms with Gasteiger partial charge in [-0.15, -0.1) is 0 Å². The summed E-state index contributed by atoms with van der Waals surface area (Å²) < 4.78 is 66.5. The van der Waals surface area contributed by atoms with Crippen molar-refractivity contribution in [3.05, 3.63) is 23.0 Å². The molecule has 1 rings (SSSR count). The fourth-order valence-electron chi connectivity index (χ4n) is 1.26. The van der Waals surface area contributed by atoms with Crippen molar-refractivity contribution in [2.24, 2.45) is 0 Å². The summed E-state index contributed by atoms with van der Waals surface area (Å²) in [6, 6.07) is 0.302. The average molecular weight is 241 g/mol. The standard InChI is InChI=1S/C9H8F5NO/c1-4-7(16-2)5(8(10)11)3-6(15-4)9(12,13)14/h3,8H,1-2H3. The Balaban J connectivity index is 3.40. The van der Waals surface area contributed by atoms with Crippen molar-refractivity contribution in [2.75, 3.05) is 7.11 Å². The zero-order chi connectivity index (χ0) is 12.5. The molecule has 0 saturated carbocycles. The van der Waals surface area contributed by atoms with Gasteiger partial charge in [0.2, 0.25) is 0 Å². The van der Waals surface area contributed by atoms with Gasteiger partial charge in [-0.3, -0.25) is 0 Å². The minimum Gasteiger partial charge on any atom is -0.494 e. The Morgan fingerprint density at radius 1 is 1.31 bits per heavy atom. The Hall–Kier alpha value is -1.40. The molecule has 0 saturated heterocycles. The van der Waals surface area contributed by atoms with Crippen LogP contribution in [0.3, 0.4) is 0 Å². The lowest BCUT2D eigenvalue weighted by Crippen LogP contribution is -2.11. The molecule has 0 unspecified atom stereocenters. The summed E-state index contributed by atoms with van der Waals surface area (Å²) in [6.07, 6.45) is -7.79. The topological polar surface area (TPSA) is 22.1 Å². The van der Waals surface area contributed by atoms with Crippen molar-refractivity contribution in [2.45, 2.75) is 19.5 Å². The minimum atomic E-state index is -4.75. The van der Waals surface area contributed by atoms with Crippen molar-refractivity contribution in [1.29, 1.82) is 0 Å². The van der Waals surface area contributed by atoms with E-state index in [1.807, 2.05) is 0 Å². The number of nitrogens with zero attached hydrogens (tertiary/aromatic N) is 1. The summed E-state index contributed by atoms with van der Waals surface area (Å²) in [7, 11) is 1.10. The second kappa shape index (κ2) is 4.23. The van der Waals surface area contributed by atoms with Gasteiger partial charge in [0.1, 0.15) is 11.4 Å². The number of alkyl halides is 5. The van der Waals surface area contributed by atoms with Crippen LogP contribution in [0.2, 0.25) is 0 Å². The molecule has 0 spiro atoms. The van der Waals surface area contributed by atoms with Crippen LogP contribution in [-0.2, 0) is 6.18 Å². The number of methoxy groups -OCH3 is 1. The molecule has 0 aromatic carbocycles. The van der Waals surface area contributed by atoms with E-state index in [2.05, 4.69) is 9.72 Å². The fraction of sp³-hybridized carbons (Fsp3) is 0.444. The number of pyridine rings is 1. The maximum Gasteiger partial charge on any atom is 0.433 e. The van der Waals surface area contributed by atoms with Crippen LogP contribution in [0.15, 0.2) is 6.07 Å². The lowest BCUT2D eigenvalue weighted by Gasteiger charge is -2.13. The molecule has 0 aliphatic carbocycles. The highest BCUT2D eigenvalue weighted by molar-refractivity contribution is 5.39. The van der Waals surface area contributed by atoms with Crippen LogP contribution in [0.1, 0.15) is 23.4 Å². The zero-order valence-corrected chi connectivity index (χ0v) is 8.40. The second-order valence-electron chi connectivity index (χ2n) is 3.01. The summed E-state index contributed by atoms with van der Waals surface area (Å²) >= 11 is 0. The smallest absolute Gasteiger partial charge is 0.433 e. The van der Waals surface area contributed by atoms with Crippen LogP contribution in [0.25, 0.3) is 0 Å². The van der Waals surface area contributed by atoms with Crippen LogP contribution < -0.4 is 4.74 Å². The number of ether oxygens (including phenoxy) is 1. The molecule has 0 fully saturated rings. The van der Waals surface area contributed by atoms with Crippen molar-refractivity contribution in [1.82, 2.24) is 4.98 Å². The normalized spacial score (nSPS) is 12.0. The summed E-state index contributed by atoms with van der Waals surface area (Å²) in [5.41, 5.74) is -2.36. The minimum absolute atomic E-state index is 0.215. The van der Waals surface area contributed by atoms with E-state index in [0.29, 0.717) is 6.07 Å². The Morgan fingerprint density at radius 2 is 1.88 bits per heavy atom. The first-order valence-electron chi connectivity index (χ1n) is 4.18. The van der Waals surface area contributed by atoms with Crippen LogP contribution in [0.5, 0.6) is 5.75 Å². The van der Waals surface area contributed by atoms with Gasteiger partial charge < -0.3 is 4.74 Å². The zero-order valence-electron chi connectivity index (χ0n) is 8.40. The summed E-state index contributed by atoms with van der Waals surface area (Å²) in [5.74, 6) is -0.317. The van der Waals surface area contributed by atoms with E-state index in [0.717, 1.165) is 7.11 Å². The molecule has 2 nitrogen and oxygen atoms in total. The molecule has 0 bridgehead atoms. The predicted octanol–water partition coefficient (Wildman–Crippen LogP) is 3.36. The quantitative estimate of drug-likeness (QED) is 0.740. The third-order valence-corrected chi connectivity index (χ3v) is 1.90. The highest BCUT2D eigenvalue weighted by atomic mass is 19.4. The number of halogens is 5. The van der Waals surface area contributed by atoms with Gasteiger partial charge in [0.15, 0.2) is 0 Å². The molecule has 0 aliphatic heterocycles. The monoisotopic (exact) mass is 241 g/mol. The summed E-state index contributed by atoms with van der Waals surface area (Å²) in [6.45, 7) is 1.18. The maximum atomic E-state index is 12.5. The van der Waals surface area contributed by atoms with Crippen LogP contribution in [-0.4, -0.2) is 12.1 Å². The number of aromatic nitrogens is 1. The molecule has 1 aromatic heterocycles. The molecule has 0 aliphatic rings. The van der Waals surface area contributed by atoms with E-state index in [4.69, 9.17) is 0 Å². The van der Waals surface area contributed by atoms with Gasteiger partial charge in [-0.25, -0.2) is 13.8 Å². The van der Waals surface area contributed by atoms with E-state index in [9.17, 15) is 22.0 Å². The van der Waals surface area contributed by atoms with Crippen molar-refractivity contribution < 1.29 is 26.7 Å². The van der Waals surface area contributed by atoms with E-state index in [1.165, 1.54) is 6.92 Å². The van der Waals surface area contributed by atoms with E-state index in [-0.39, 0.29) is 11.4 Å². The maximum absolute atomic E-state index is 12.5. The van der Waals surface area contributed by atoms with Gasteiger partial charge in [-0.05, 0) is 13.0 Å². The molecule has 0 atom stereocenters. The molecular weight excluding hydrogens is 233 g/mol. The van der Waals surface area contributed by atoms with Gasteiger partial charge in [-0.1, -0.05) is 0 Å². The van der Waals surface area contributed by atoms with Gasteiger partial charge in [0, 0.05) is 0 Å².